The summed E-state index contributed by atoms with van der Waals surface area (Å²) >= 11 is 0. The van der Waals surface area contributed by atoms with Gasteiger partial charge in [-0.3, -0.25) is 0 Å². The third kappa shape index (κ3) is 3.35. The highest BCUT2D eigenvalue weighted by Gasteiger charge is 2.22. The fraction of sp³-hybridized carbons (Fsp3) is 0.647. The molecule has 0 heterocycles. The molecule has 1 fully saturated rings. The highest BCUT2D eigenvalue weighted by molar-refractivity contribution is 5.30. The summed E-state index contributed by atoms with van der Waals surface area (Å²) in [6, 6.07) is 7.69. The Balaban J connectivity index is 2.07. The third-order valence-electron chi connectivity index (χ3n) is 4.60. The number of benzene rings is 1. The maximum Gasteiger partial charge on any atom is 0.00955 e. The van der Waals surface area contributed by atoms with Crippen LogP contribution in [0.3, 0.4) is 0 Å². The first-order chi connectivity index (χ1) is 8.70. The van der Waals surface area contributed by atoms with Gasteiger partial charge in [0.25, 0.3) is 0 Å². The molecule has 1 nitrogen and oxygen atoms in total. The van der Waals surface area contributed by atoms with Gasteiger partial charge in [-0.05, 0) is 62.8 Å². The molecule has 1 aliphatic rings. The van der Waals surface area contributed by atoms with Crippen molar-refractivity contribution in [2.45, 2.75) is 58.4 Å². The SMILES string of the molecule is CNC1CCCCCC1Cc1ccc(C)c(C)c1. The predicted molar refractivity (Wildman–Crippen MR) is 79.0 cm³/mol. The van der Waals surface area contributed by atoms with Crippen LogP contribution in [0.15, 0.2) is 18.2 Å². The highest BCUT2D eigenvalue weighted by atomic mass is 14.9. The van der Waals surface area contributed by atoms with Gasteiger partial charge in [-0.15, -0.1) is 0 Å². The molecule has 2 atom stereocenters. The molecule has 1 aliphatic carbocycles. The van der Waals surface area contributed by atoms with Gasteiger partial charge < -0.3 is 5.32 Å². The second kappa shape index (κ2) is 6.38. The second-order valence-corrected chi connectivity index (χ2v) is 5.92. The smallest absolute Gasteiger partial charge is 0.00955 e. The number of hydrogen-bond acceptors (Lipinski definition) is 1. The van der Waals surface area contributed by atoms with Crippen LogP contribution in [-0.4, -0.2) is 13.1 Å². The Morgan fingerprint density at radius 2 is 1.83 bits per heavy atom. The van der Waals surface area contributed by atoms with Crippen molar-refractivity contribution in [3.05, 3.63) is 34.9 Å². The Labute approximate surface area is 112 Å². The maximum absolute atomic E-state index is 3.54. The van der Waals surface area contributed by atoms with Gasteiger partial charge in [-0.25, -0.2) is 0 Å². The number of aryl methyl sites for hydroxylation is 2. The Morgan fingerprint density at radius 3 is 2.56 bits per heavy atom. The van der Waals surface area contributed by atoms with E-state index in [1.165, 1.54) is 55.2 Å². The lowest BCUT2D eigenvalue weighted by molar-refractivity contribution is 0.350. The maximum atomic E-state index is 3.54. The van der Waals surface area contributed by atoms with Crippen LogP contribution >= 0.6 is 0 Å². The molecule has 1 aromatic rings. The van der Waals surface area contributed by atoms with E-state index in [0.29, 0.717) is 6.04 Å². The van der Waals surface area contributed by atoms with Crippen molar-refractivity contribution in [2.24, 2.45) is 5.92 Å². The fourth-order valence-corrected chi connectivity index (χ4v) is 3.24. The quantitative estimate of drug-likeness (QED) is 0.793. The van der Waals surface area contributed by atoms with Crippen molar-refractivity contribution >= 4 is 0 Å². The molecule has 2 rings (SSSR count). The Hall–Kier alpha value is -0.820. The minimum atomic E-state index is 0.717. The van der Waals surface area contributed by atoms with Crippen molar-refractivity contribution < 1.29 is 0 Å². The van der Waals surface area contributed by atoms with E-state index in [0.717, 1.165) is 5.92 Å². The van der Waals surface area contributed by atoms with E-state index in [4.69, 9.17) is 0 Å². The van der Waals surface area contributed by atoms with E-state index >= 15 is 0 Å². The zero-order valence-electron chi connectivity index (χ0n) is 12.1. The average Bonchev–Trinajstić information content (AvgIpc) is 2.59. The van der Waals surface area contributed by atoms with E-state index in [1.54, 1.807) is 0 Å². The van der Waals surface area contributed by atoms with Crippen LogP contribution in [0, 0.1) is 19.8 Å². The second-order valence-electron chi connectivity index (χ2n) is 5.92. The van der Waals surface area contributed by atoms with Gasteiger partial charge in [0.2, 0.25) is 0 Å². The van der Waals surface area contributed by atoms with E-state index in [2.05, 4.69) is 44.4 Å². The topological polar surface area (TPSA) is 12.0 Å². The van der Waals surface area contributed by atoms with Crippen molar-refractivity contribution in [3.63, 3.8) is 0 Å². The lowest BCUT2D eigenvalue weighted by atomic mass is 9.87. The molecule has 100 valence electrons. The van der Waals surface area contributed by atoms with Gasteiger partial charge in [0.1, 0.15) is 0 Å². The summed E-state index contributed by atoms with van der Waals surface area (Å²) in [5.74, 6) is 0.819. The molecule has 1 heteroatoms. The molecule has 2 unspecified atom stereocenters. The van der Waals surface area contributed by atoms with Crippen molar-refractivity contribution in [3.8, 4) is 0 Å². The summed E-state index contributed by atoms with van der Waals surface area (Å²) < 4.78 is 0. The largest absolute Gasteiger partial charge is 0.317 e. The molecular formula is C17H27N. The van der Waals surface area contributed by atoms with E-state index in [-0.39, 0.29) is 0 Å². The van der Waals surface area contributed by atoms with Crippen molar-refractivity contribution in [1.29, 1.82) is 0 Å². The van der Waals surface area contributed by atoms with Crippen molar-refractivity contribution in [2.75, 3.05) is 7.05 Å². The number of hydrogen-bond donors (Lipinski definition) is 1. The summed E-state index contributed by atoms with van der Waals surface area (Å²) in [6.45, 7) is 4.42. The average molecular weight is 245 g/mol. The number of nitrogens with one attached hydrogen (secondary N) is 1. The van der Waals surface area contributed by atoms with Gasteiger partial charge >= 0.3 is 0 Å². The van der Waals surface area contributed by atoms with E-state index in [1.807, 2.05) is 0 Å². The molecule has 0 aliphatic heterocycles. The number of rotatable bonds is 3. The lowest BCUT2D eigenvalue weighted by Crippen LogP contribution is -2.33. The molecule has 18 heavy (non-hydrogen) atoms. The molecule has 0 spiro atoms. The monoisotopic (exact) mass is 245 g/mol. The summed E-state index contributed by atoms with van der Waals surface area (Å²) in [5, 5.41) is 3.54. The lowest BCUT2D eigenvalue weighted by Gasteiger charge is -2.25. The molecule has 1 saturated carbocycles. The first-order valence-corrected chi connectivity index (χ1v) is 7.44. The minimum Gasteiger partial charge on any atom is -0.317 e. The van der Waals surface area contributed by atoms with Gasteiger partial charge in [0, 0.05) is 6.04 Å². The Kier molecular flexibility index (Phi) is 4.82. The summed E-state index contributed by atoms with van der Waals surface area (Å²) in [5.41, 5.74) is 4.36. The Morgan fingerprint density at radius 1 is 1.06 bits per heavy atom. The van der Waals surface area contributed by atoms with Crippen LogP contribution in [0.2, 0.25) is 0 Å². The molecule has 0 bridgehead atoms. The predicted octanol–water partition coefficient (Wildman–Crippen LogP) is 4.01. The molecule has 1 N–H and O–H groups in total. The van der Waals surface area contributed by atoms with Crippen LogP contribution < -0.4 is 5.32 Å². The molecule has 0 saturated heterocycles. The van der Waals surface area contributed by atoms with E-state index in [9.17, 15) is 0 Å². The van der Waals surface area contributed by atoms with Crippen molar-refractivity contribution in [1.82, 2.24) is 5.32 Å². The van der Waals surface area contributed by atoms with Crippen LogP contribution in [0.4, 0.5) is 0 Å². The van der Waals surface area contributed by atoms with Crippen LogP contribution in [-0.2, 0) is 6.42 Å². The van der Waals surface area contributed by atoms with Gasteiger partial charge in [0.15, 0.2) is 0 Å². The molecule has 0 radical (unpaired) electrons. The third-order valence-corrected chi connectivity index (χ3v) is 4.60. The normalized spacial score (nSPS) is 24.8. The molecule has 0 aromatic heterocycles. The van der Waals surface area contributed by atoms with Gasteiger partial charge in [-0.1, -0.05) is 37.5 Å². The highest BCUT2D eigenvalue weighted by Crippen LogP contribution is 2.27. The first-order valence-electron chi connectivity index (χ1n) is 7.44. The summed E-state index contributed by atoms with van der Waals surface area (Å²) in [7, 11) is 2.13. The van der Waals surface area contributed by atoms with Crippen LogP contribution in [0.1, 0.15) is 48.8 Å². The van der Waals surface area contributed by atoms with Crippen LogP contribution in [0.5, 0.6) is 0 Å². The molecule has 0 amide bonds. The fourth-order valence-electron chi connectivity index (χ4n) is 3.24. The van der Waals surface area contributed by atoms with E-state index < -0.39 is 0 Å². The first kappa shape index (κ1) is 13.6. The zero-order chi connectivity index (χ0) is 13.0. The Bertz CT molecular complexity index is 383. The molecule has 1 aromatic carbocycles. The van der Waals surface area contributed by atoms with Crippen LogP contribution in [0.25, 0.3) is 0 Å². The summed E-state index contributed by atoms with van der Waals surface area (Å²) in [4.78, 5) is 0. The van der Waals surface area contributed by atoms with Gasteiger partial charge in [-0.2, -0.15) is 0 Å². The standard InChI is InChI=1S/C17H27N/c1-13-9-10-15(11-14(13)2)12-16-7-5-4-6-8-17(16)18-3/h9-11,16-18H,4-8,12H2,1-3H3. The van der Waals surface area contributed by atoms with Gasteiger partial charge in [0.05, 0.1) is 0 Å². The minimum absolute atomic E-state index is 0.717. The zero-order valence-corrected chi connectivity index (χ0v) is 12.1. The summed E-state index contributed by atoms with van der Waals surface area (Å²) in [6.07, 6.45) is 8.21. The molecular weight excluding hydrogens is 218 g/mol.